The maximum atomic E-state index is 14.1. The molecule has 7 heteroatoms. The Morgan fingerprint density at radius 1 is 1.16 bits per heavy atom. The number of morpholine rings is 1. The van der Waals surface area contributed by atoms with E-state index < -0.39 is 5.82 Å². The molecular weight excluding hydrogens is 417 g/mol. The van der Waals surface area contributed by atoms with Crippen LogP contribution in [0.15, 0.2) is 36.5 Å². The largest absolute Gasteiger partial charge is 0.377 e. The van der Waals surface area contributed by atoms with E-state index in [0.29, 0.717) is 24.6 Å². The average Bonchev–Trinajstić information content (AvgIpc) is 3.23. The van der Waals surface area contributed by atoms with Crippen molar-refractivity contribution in [3.05, 3.63) is 53.1 Å². The van der Waals surface area contributed by atoms with Crippen LogP contribution < -0.4 is 0 Å². The second-order valence-corrected chi connectivity index (χ2v) is 9.82. The van der Waals surface area contributed by atoms with Crippen LogP contribution in [0, 0.1) is 5.82 Å². The Morgan fingerprint density at radius 2 is 1.87 bits per heavy atom. The molecule has 2 aliphatic heterocycles. The fourth-order valence-electron chi connectivity index (χ4n) is 4.72. The molecule has 1 aromatic carbocycles. The molecule has 0 unspecified atom stereocenters. The van der Waals surface area contributed by atoms with Gasteiger partial charge in [0.05, 0.1) is 30.3 Å². The van der Waals surface area contributed by atoms with E-state index in [9.17, 15) is 9.18 Å². The number of hydrogen-bond acceptors (Lipinski definition) is 3. The number of hydrogen-bond donors (Lipinski definition) is 0. The number of amides is 1. The smallest absolute Gasteiger partial charge is 0.273 e. The van der Waals surface area contributed by atoms with Gasteiger partial charge in [0.1, 0.15) is 17.2 Å². The lowest BCUT2D eigenvalue weighted by atomic mass is 10.1. The van der Waals surface area contributed by atoms with Crippen LogP contribution in [0.1, 0.15) is 44.1 Å². The van der Waals surface area contributed by atoms with Crippen molar-refractivity contribution in [3.63, 3.8) is 0 Å². The van der Waals surface area contributed by atoms with E-state index in [4.69, 9.17) is 21.3 Å². The number of benzene rings is 1. The molecule has 2 fully saturated rings. The van der Waals surface area contributed by atoms with E-state index in [-0.39, 0.29) is 28.6 Å². The first kappa shape index (κ1) is 20.5. The van der Waals surface area contributed by atoms with Gasteiger partial charge in [-0.15, -0.1) is 0 Å². The highest BCUT2D eigenvalue weighted by atomic mass is 35.5. The second kappa shape index (κ2) is 7.31. The van der Waals surface area contributed by atoms with Gasteiger partial charge < -0.3 is 14.2 Å². The molecule has 5 rings (SSSR count). The minimum Gasteiger partial charge on any atom is -0.377 e. The van der Waals surface area contributed by atoms with Crippen molar-refractivity contribution in [2.75, 3.05) is 13.2 Å². The zero-order chi connectivity index (χ0) is 21.9. The molecule has 0 aliphatic carbocycles. The van der Waals surface area contributed by atoms with E-state index in [1.165, 1.54) is 6.07 Å². The molecular formula is C24H25ClFN3O2. The lowest BCUT2D eigenvalue weighted by Gasteiger charge is -2.34. The van der Waals surface area contributed by atoms with Crippen molar-refractivity contribution >= 4 is 28.5 Å². The Morgan fingerprint density at radius 3 is 2.52 bits per heavy atom. The van der Waals surface area contributed by atoms with Gasteiger partial charge in [0.15, 0.2) is 0 Å². The van der Waals surface area contributed by atoms with Gasteiger partial charge in [-0.1, -0.05) is 17.7 Å². The van der Waals surface area contributed by atoms with Gasteiger partial charge in [-0.3, -0.25) is 4.79 Å². The Balaban J connectivity index is 1.62. The molecule has 2 saturated heterocycles. The molecule has 0 radical (unpaired) electrons. The number of nitrogens with zero attached hydrogens (tertiary/aromatic N) is 3. The predicted octanol–water partition coefficient (Wildman–Crippen LogP) is 5.25. The minimum absolute atomic E-state index is 0.0431. The van der Waals surface area contributed by atoms with Gasteiger partial charge >= 0.3 is 0 Å². The first-order chi connectivity index (χ1) is 14.7. The van der Waals surface area contributed by atoms with Crippen LogP contribution in [0.25, 0.3) is 22.2 Å². The molecule has 0 spiro atoms. The highest BCUT2D eigenvalue weighted by Gasteiger charge is 2.41. The van der Waals surface area contributed by atoms with Crippen molar-refractivity contribution < 1.29 is 13.9 Å². The first-order valence-corrected chi connectivity index (χ1v) is 11.0. The fraction of sp³-hybridized carbons (Fsp3) is 0.417. The van der Waals surface area contributed by atoms with Gasteiger partial charge in [-0.05, 0) is 63.4 Å². The first-order valence-electron chi connectivity index (χ1n) is 10.6. The van der Waals surface area contributed by atoms with Crippen molar-refractivity contribution in [1.82, 2.24) is 14.5 Å². The van der Waals surface area contributed by atoms with Gasteiger partial charge in [0.2, 0.25) is 0 Å². The molecule has 2 bridgehead atoms. The molecule has 3 aromatic rings. The summed E-state index contributed by atoms with van der Waals surface area (Å²) >= 11 is 5.88. The molecule has 31 heavy (non-hydrogen) atoms. The van der Waals surface area contributed by atoms with Crippen LogP contribution in [0.2, 0.25) is 5.02 Å². The Labute approximate surface area is 185 Å². The predicted molar refractivity (Wildman–Crippen MR) is 119 cm³/mol. The molecule has 0 N–H and O–H groups in total. The van der Waals surface area contributed by atoms with E-state index >= 15 is 0 Å². The number of pyridine rings is 1. The summed E-state index contributed by atoms with van der Waals surface area (Å²) in [6, 6.07) is 8.76. The molecule has 0 saturated carbocycles. The lowest BCUT2D eigenvalue weighted by Crippen LogP contribution is -2.49. The summed E-state index contributed by atoms with van der Waals surface area (Å²) in [5.41, 5.74) is 2.46. The van der Waals surface area contributed by atoms with Crippen LogP contribution in [-0.4, -0.2) is 45.7 Å². The molecule has 1 amide bonds. The van der Waals surface area contributed by atoms with Crippen molar-refractivity contribution in [1.29, 1.82) is 0 Å². The van der Waals surface area contributed by atoms with Crippen molar-refractivity contribution in [2.24, 2.45) is 0 Å². The molecule has 2 atom stereocenters. The minimum atomic E-state index is -0.460. The van der Waals surface area contributed by atoms with Crippen molar-refractivity contribution in [3.8, 4) is 11.1 Å². The third-order valence-electron chi connectivity index (χ3n) is 6.30. The second-order valence-electron chi connectivity index (χ2n) is 9.42. The zero-order valence-electron chi connectivity index (χ0n) is 17.9. The fourth-order valence-corrected chi connectivity index (χ4v) is 4.84. The number of carbonyl (C=O) groups is 1. The number of aromatic nitrogens is 2. The lowest BCUT2D eigenvalue weighted by molar-refractivity contribution is -0.00744. The number of carbonyl (C=O) groups excluding carboxylic acids is 1. The zero-order valence-corrected chi connectivity index (χ0v) is 18.6. The van der Waals surface area contributed by atoms with Crippen LogP contribution in [0.3, 0.4) is 0 Å². The van der Waals surface area contributed by atoms with Crippen LogP contribution >= 0.6 is 11.6 Å². The summed E-state index contributed by atoms with van der Waals surface area (Å²) in [6.07, 6.45) is 3.93. The molecule has 4 heterocycles. The average molecular weight is 442 g/mol. The summed E-state index contributed by atoms with van der Waals surface area (Å²) in [4.78, 5) is 20.1. The van der Waals surface area contributed by atoms with Gasteiger partial charge in [-0.2, -0.15) is 0 Å². The van der Waals surface area contributed by atoms with E-state index in [2.05, 4.69) is 25.3 Å². The Hall–Kier alpha value is -2.44. The Bertz CT molecular complexity index is 1170. The highest BCUT2D eigenvalue weighted by molar-refractivity contribution is 6.30. The summed E-state index contributed by atoms with van der Waals surface area (Å²) in [6.45, 7) is 7.43. The standard InChI is InChI=1S/C24H25ClFN3O2/c1-24(2,3)28-11-18(14-4-8-19(25)20(26)10-14)17-7-9-21(27-22(17)28)23(30)29-15-5-6-16(29)13-31-12-15/h4,7-11,15-16H,5-6,12-13H2,1-3H3/t15-,16+. The third kappa shape index (κ3) is 3.42. The third-order valence-corrected chi connectivity index (χ3v) is 6.61. The molecule has 162 valence electrons. The molecule has 5 nitrogen and oxygen atoms in total. The summed E-state index contributed by atoms with van der Waals surface area (Å²) in [5.74, 6) is -0.503. The van der Waals surface area contributed by atoms with E-state index in [1.54, 1.807) is 18.2 Å². The quantitative estimate of drug-likeness (QED) is 0.545. The van der Waals surface area contributed by atoms with Gasteiger partial charge in [0.25, 0.3) is 5.91 Å². The van der Waals surface area contributed by atoms with Gasteiger partial charge in [-0.25, -0.2) is 9.37 Å². The Kier molecular flexibility index (Phi) is 4.83. The van der Waals surface area contributed by atoms with E-state index in [1.807, 2.05) is 17.2 Å². The molecule has 2 aliphatic rings. The monoisotopic (exact) mass is 441 g/mol. The summed E-state index contributed by atoms with van der Waals surface area (Å²) in [5, 5.41) is 0.965. The summed E-state index contributed by atoms with van der Waals surface area (Å²) < 4.78 is 21.8. The maximum Gasteiger partial charge on any atom is 0.273 e. The van der Waals surface area contributed by atoms with E-state index in [0.717, 1.165) is 29.4 Å². The van der Waals surface area contributed by atoms with Crippen molar-refractivity contribution in [2.45, 2.75) is 51.2 Å². The van der Waals surface area contributed by atoms with Crippen LogP contribution in [-0.2, 0) is 10.3 Å². The van der Waals surface area contributed by atoms with Gasteiger partial charge in [0, 0.05) is 22.7 Å². The topological polar surface area (TPSA) is 47.4 Å². The summed E-state index contributed by atoms with van der Waals surface area (Å²) in [7, 11) is 0. The SMILES string of the molecule is CC(C)(C)n1cc(-c2ccc(Cl)c(F)c2)c2ccc(C(=O)N3[C@@H]4CC[C@H]3COC4)nc21. The maximum absolute atomic E-state index is 14.1. The number of halogens is 2. The van der Waals surface area contributed by atoms with Crippen LogP contribution in [0.4, 0.5) is 4.39 Å². The molecule has 2 aromatic heterocycles. The highest BCUT2D eigenvalue weighted by Crippen LogP contribution is 2.36. The normalized spacial score (nSPS) is 21.1. The number of fused-ring (bicyclic) bond motifs is 3. The number of ether oxygens (including phenoxy) is 1. The number of rotatable bonds is 2. The van der Waals surface area contributed by atoms with Crippen LogP contribution in [0.5, 0.6) is 0 Å².